The van der Waals surface area contributed by atoms with E-state index in [-0.39, 0.29) is 5.78 Å². The Morgan fingerprint density at radius 1 is 0.833 bits per heavy atom. The van der Waals surface area contributed by atoms with Crippen molar-refractivity contribution in [3.05, 3.63) is 120 Å². The van der Waals surface area contributed by atoms with E-state index >= 15 is 0 Å². The third kappa shape index (κ3) is 3.01. The van der Waals surface area contributed by atoms with Crippen LogP contribution in [0.4, 0.5) is 5.69 Å². The van der Waals surface area contributed by atoms with Gasteiger partial charge in [-0.1, -0.05) is 66.7 Å². The van der Waals surface area contributed by atoms with Crippen molar-refractivity contribution in [3.63, 3.8) is 0 Å². The Hall–Kier alpha value is -3.98. The van der Waals surface area contributed by atoms with Gasteiger partial charge in [-0.05, 0) is 24.3 Å². The molecule has 1 aliphatic rings. The van der Waals surface area contributed by atoms with Gasteiger partial charge in [-0.15, -0.1) is 6.58 Å². The van der Waals surface area contributed by atoms with Gasteiger partial charge in [-0.2, -0.15) is 0 Å². The Kier molecular flexibility index (Phi) is 4.49. The molecule has 0 saturated carbocycles. The molecule has 1 aromatic heterocycles. The molecule has 1 heterocycles. The van der Waals surface area contributed by atoms with E-state index in [1.54, 1.807) is 0 Å². The highest BCUT2D eigenvalue weighted by molar-refractivity contribution is 6.40. The van der Waals surface area contributed by atoms with Gasteiger partial charge in [-0.3, -0.25) is 4.79 Å². The largest absolute Gasteiger partial charge is 0.343 e. The fourth-order valence-electron chi connectivity index (χ4n) is 4.02. The van der Waals surface area contributed by atoms with Crippen LogP contribution >= 0.6 is 0 Å². The third-order valence-electron chi connectivity index (χ3n) is 5.38. The Labute approximate surface area is 175 Å². The average Bonchev–Trinajstić information content (AvgIpc) is 3.15. The quantitative estimate of drug-likeness (QED) is 0.382. The van der Waals surface area contributed by atoms with E-state index in [1.165, 1.54) is 0 Å². The zero-order valence-electron chi connectivity index (χ0n) is 16.5. The molecule has 0 bridgehead atoms. The van der Waals surface area contributed by atoms with Gasteiger partial charge in [0.15, 0.2) is 5.78 Å². The maximum atomic E-state index is 13.5. The topological polar surface area (TPSA) is 34.4 Å². The SMILES string of the molecule is C=CCn1cc(C2=CC(=Nc3ccccc3)c3ccccc3C2=O)c2ccccc21. The molecule has 1 aliphatic carbocycles. The number of para-hydroxylation sites is 2. The minimum Gasteiger partial charge on any atom is -0.343 e. The molecule has 0 saturated heterocycles. The number of benzene rings is 3. The molecule has 144 valence electrons. The summed E-state index contributed by atoms with van der Waals surface area (Å²) in [7, 11) is 0. The first kappa shape index (κ1) is 18.1. The minimum atomic E-state index is 0.0270. The van der Waals surface area contributed by atoms with Crippen LogP contribution in [-0.2, 0) is 6.54 Å². The predicted molar refractivity (Wildman–Crippen MR) is 124 cm³/mol. The summed E-state index contributed by atoms with van der Waals surface area (Å²) in [6.07, 6.45) is 5.84. The van der Waals surface area contributed by atoms with Gasteiger partial charge in [0, 0.05) is 45.9 Å². The lowest BCUT2D eigenvalue weighted by molar-refractivity contribution is 0.105. The van der Waals surface area contributed by atoms with Crippen molar-refractivity contribution < 1.29 is 4.79 Å². The van der Waals surface area contributed by atoms with Gasteiger partial charge in [0.25, 0.3) is 0 Å². The Balaban J connectivity index is 1.75. The predicted octanol–water partition coefficient (Wildman–Crippen LogP) is 6.23. The molecule has 3 aromatic carbocycles. The number of aromatic nitrogens is 1. The van der Waals surface area contributed by atoms with Crippen LogP contribution in [-0.4, -0.2) is 16.1 Å². The van der Waals surface area contributed by atoms with Gasteiger partial charge in [0.1, 0.15) is 0 Å². The summed E-state index contributed by atoms with van der Waals surface area (Å²) in [6, 6.07) is 25.7. The normalized spacial score (nSPS) is 14.6. The van der Waals surface area contributed by atoms with Crippen LogP contribution in [0.2, 0.25) is 0 Å². The summed E-state index contributed by atoms with van der Waals surface area (Å²) in [6.45, 7) is 4.55. The molecule has 0 N–H and O–H groups in total. The molecule has 3 heteroatoms. The number of Topliss-reactive ketones (excluding diaryl/α,β-unsaturated/α-hetero) is 1. The van der Waals surface area contributed by atoms with Gasteiger partial charge < -0.3 is 4.57 Å². The zero-order chi connectivity index (χ0) is 20.5. The highest BCUT2D eigenvalue weighted by Crippen LogP contribution is 2.34. The number of allylic oxidation sites excluding steroid dienone is 3. The number of rotatable bonds is 4. The Bertz CT molecular complexity index is 1340. The molecule has 0 aliphatic heterocycles. The molecule has 0 radical (unpaired) electrons. The number of hydrogen-bond acceptors (Lipinski definition) is 2. The van der Waals surface area contributed by atoms with Crippen molar-refractivity contribution in [1.82, 2.24) is 4.57 Å². The summed E-state index contributed by atoms with van der Waals surface area (Å²) in [4.78, 5) is 18.3. The molecule has 0 amide bonds. The fourth-order valence-corrected chi connectivity index (χ4v) is 4.02. The second kappa shape index (κ2) is 7.45. The first-order chi connectivity index (χ1) is 14.8. The molecule has 0 unspecified atom stereocenters. The molecule has 3 nitrogen and oxygen atoms in total. The van der Waals surface area contributed by atoms with Crippen LogP contribution in [0.15, 0.2) is 109 Å². The van der Waals surface area contributed by atoms with Gasteiger partial charge in [-0.25, -0.2) is 4.99 Å². The van der Waals surface area contributed by atoms with Crippen molar-refractivity contribution in [2.75, 3.05) is 0 Å². The summed E-state index contributed by atoms with van der Waals surface area (Å²) in [5.74, 6) is 0.0270. The number of aliphatic imine (C=N–C) groups is 1. The van der Waals surface area contributed by atoms with E-state index in [2.05, 4.69) is 23.3 Å². The van der Waals surface area contributed by atoms with E-state index in [0.717, 1.165) is 33.4 Å². The van der Waals surface area contributed by atoms with Gasteiger partial charge in [0.05, 0.1) is 11.4 Å². The number of ketones is 1. The summed E-state index contributed by atoms with van der Waals surface area (Å²) < 4.78 is 2.13. The van der Waals surface area contributed by atoms with E-state index in [1.807, 2.05) is 85.1 Å². The number of hydrogen-bond donors (Lipinski definition) is 0. The van der Waals surface area contributed by atoms with Crippen LogP contribution in [0.25, 0.3) is 16.5 Å². The first-order valence-electron chi connectivity index (χ1n) is 9.95. The zero-order valence-corrected chi connectivity index (χ0v) is 16.5. The Morgan fingerprint density at radius 3 is 2.33 bits per heavy atom. The third-order valence-corrected chi connectivity index (χ3v) is 5.38. The van der Waals surface area contributed by atoms with Gasteiger partial charge >= 0.3 is 0 Å². The number of carbonyl (C=O) groups is 1. The molecule has 30 heavy (non-hydrogen) atoms. The van der Waals surface area contributed by atoms with Crippen LogP contribution in [0.1, 0.15) is 21.5 Å². The standard InChI is InChI=1S/C27H20N2O/c1-2-16-29-18-24(21-13-8-9-15-26(21)29)23-17-25(28-19-10-4-3-5-11-19)20-12-6-7-14-22(20)27(23)30/h2-15,17-18H,1,16H2. The fraction of sp³-hybridized carbons (Fsp3) is 0.0370. The monoisotopic (exact) mass is 388 g/mol. The van der Waals surface area contributed by atoms with Crippen LogP contribution in [0.3, 0.4) is 0 Å². The first-order valence-corrected chi connectivity index (χ1v) is 9.95. The maximum absolute atomic E-state index is 13.5. The summed E-state index contributed by atoms with van der Waals surface area (Å²) in [5, 5.41) is 1.05. The summed E-state index contributed by atoms with van der Waals surface area (Å²) >= 11 is 0. The molecule has 4 aromatic rings. The van der Waals surface area contributed by atoms with Crippen molar-refractivity contribution in [1.29, 1.82) is 0 Å². The molecular weight excluding hydrogens is 368 g/mol. The second-order valence-corrected chi connectivity index (χ2v) is 7.27. The molecular formula is C27H20N2O. The van der Waals surface area contributed by atoms with E-state index in [0.29, 0.717) is 17.7 Å². The van der Waals surface area contributed by atoms with E-state index < -0.39 is 0 Å². The lowest BCUT2D eigenvalue weighted by atomic mass is 9.85. The minimum absolute atomic E-state index is 0.0270. The molecule has 0 fully saturated rings. The Morgan fingerprint density at radius 2 is 1.53 bits per heavy atom. The number of fused-ring (bicyclic) bond motifs is 2. The maximum Gasteiger partial charge on any atom is 0.194 e. The number of nitrogens with zero attached hydrogens (tertiary/aromatic N) is 2. The second-order valence-electron chi connectivity index (χ2n) is 7.27. The number of carbonyl (C=O) groups excluding carboxylic acids is 1. The highest BCUT2D eigenvalue weighted by atomic mass is 16.1. The van der Waals surface area contributed by atoms with Crippen LogP contribution < -0.4 is 0 Å². The highest BCUT2D eigenvalue weighted by Gasteiger charge is 2.27. The van der Waals surface area contributed by atoms with Crippen LogP contribution in [0.5, 0.6) is 0 Å². The molecule has 0 atom stereocenters. The van der Waals surface area contributed by atoms with Crippen molar-refractivity contribution >= 4 is 33.7 Å². The van der Waals surface area contributed by atoms with Crippen LogP contribution in [0, 0.1) is 0 Å². The lowest BCUT2D eigenvalue weighted by Crippen LogP contribution is -2.16. The van der Waals surface area contributed by atoms with E-state index in [4.69, 9.17) is 4.99 Å². The van der Waals surface area contributed by atoms with E-state index in [9.17, 15) is 4.79 Å². The van der Waals surface area contributed by atoms with Crippen molar-refractivity contribution in [2.45, 2.75) is 6.54 Å². The molecule has 5 rings (SSSR count). The lowest BCUT2D eigenvalue weighted by Gasteiger charge is -2.17. The average molecular weight is 388 g/mol. The van der Waals surface area contributed by atoms with Gasteiger partial charge in [0.2, 0.25) is 0 Å². The van der Waals surface area contributed by atoms with Crippen molar-refractivity contribution in [2.24, 2.45) is 4.99 Å². The molecule has 0 spiro atoms. The smallest absolute Gasteiger partial charge is 0.194 e. The summed E-state index contributed by atoms with van der Waals surface area (Å²) in [5.41, 5.74) is 5.89. The van der Waals surface area contributed by atoms with Crippen molar-refractivity contribution in [3.8, 4) is 0 Å².